The summed E-state index contributed by atoms with van der Waals surface area (Å²) in [6, 6.07) is 78.5. The lowest BCUT2D eigenvalue weighted by Gasteiger charge is -2.31. The molecule has 2 heteroatoms. The van der Waals surface area contributed by atoms with Gasteiger partial charge in [0.25, 0.3) is 0 Å². The maximum absolute atomic E-state index is 2.54. The van der Waals surface area contributed by atoms with Gasteiger partial charge in [0.05, 0.1) is 22.4 Å². The lowest BCUT2D eigenvalue weighted by Crippen LogP contribution is -2.17. The van der Waals surface area contributed by atoms with Crippen LogP contribution in [0, 0.1) is 0 Å². The number of hydrogen-bond donors (Lipinski definition) is 0. The third-order valence-corrected chi connectivity index (χ3v) is 16.1. The molecule has 12 aromatic rings. The molecule has 0 aliphatic rings. The van der Waals surface area contributed by atoms with Gasteiger partial charge in [-0.15, -0.1) is 0 Å². The minimum absolute atomic E-state index is 0.0219. The summed E-state index contributed by atoms with van der Waals surface area (Å²) < 4.78 is 2.48. The van der Waals surface area contributed by atoms with Gasteiger partial charge in [-0.05, 0) is 147 Å². The average molecular weight is 987 g/mol. The lowest BCUT2D eigenvalue weighted by atomic mass is 9.78. The molecule has 0 fully saturated rings. The number of benzene rings is 11. The van der Waals surface area contributed by atoms with Crippen molar-refractivity contribution in [1.82, 2.24) is 4.57 Å². The molecule has 0 aliphatic carbocycles. The molecular weight excluding hydrogens is 917 g/mol. The van der Waals surface area contributed by atoms with Crippen LogP contribution < -0.4 is 4.90 Å². The predicted molar refractivity (Wildman–Crippen MR) is 330 cm³/mol. The summed E-state index contributed by atoms with van der Waals surface area (Å²) in [5.41, 5.74) is 19.6. The molecule has 0 aliphatic heterocycles. The van der Waals surface area contributed by atoms with E-state index in [0.717, 1.165) is 17.1 Å². The number of rotatable bonds is 7. The van der Waals surface area contributed by atoms with Gasteiger partial charge < -0.3 is 9.47 Å². The van der Waals surface area contributed by atoms with Crippen molar-refractivity contribution in [2.75, 3.05) is 4.90 Å². The first-order valence-electron chi connectivity index (χ1n) is 27.3. The molecule has 0 bridgehead atoms. The molecule has 1 heterocycles. The Labute approximate surface area is 450 Å². The molecule has 0 saturated carbocycles. The molecule has 0 unspecified atom stereocenters. The Balaban J connectivity index is 1.10. The Morgan fingerprint density at radius 1 is 0.303 bits per heavy atom. The van der Waals surface area contributed by atoms with Crippen LogP contribution in [0.15, 0.2) is 206 Å². The Morgan fingerprint density at radius 3 is 1.28 bits per heavy atom. The summed E-state index contributed by atoms with van der Waals surface area (Å²) >= 11 is 0. The van der Waals surface area contributed by atoms with E-state index in [1.165, 1.54) is 115 Å². The monoisotopic (exact) mass is 987 g/mol. The predicted octanol–water partition coefficient (Wildman–Crippen LogP) is 21.3. The van der Waals surface area contributed by atoms with Crippen molar-refractivity contribution in [3.63, 3.8) is 0 Å². The molecule has 12 rings (SSSR count). The highest BCUT2D eigenvalue weighted by atomic mass is 15.1. The van der Waals surface area contributed by atoms with Gasteiger partial charge in [-0.1, -0.05) is 241 Å². The minimum atomic E-state index is -0.130. The molecule has 0 amide bonds. The topological polar surface area (TPSA) is 8.17 Å². The second-order valence-corrected chi connectivity index (χ2v) is 25.5. The van der Waals surface area contributed by atoms with E-state index in [2.05, 4.69) is 299 Å². The van der Waals surface area contributed by atoms with Crippen molar-refractivity contribution >= 4 is 71.2 Å². The molecule has 0 saturated heterocycles. The molecule has 0 atom stereocenters. The molecule has 1 aromatic heterocycles. The number of aromatic nitrogens is 1. The number of anilines is 3. The first-order valence-corrected chi connectivity index (χ1v) is 27.3. The zero-order valence-electron chi connectivity index (χ0n) is 46.5. The van der Waals surface area contributed by atoms with Crippen LogP contribution in [-0.4, -0.2) is 4.57 Å². The van der Waals surface area contributed by atoms with E-state index in [9.17, 15) is 0 Å². The maximum atomic E-state index is 2.54. The van der Waals surface area contributed by atoms with Crippen molar-refractivity contribution in [1.29, 1.82) is 0 Å². The average Bonchev–Trinajstić information content (AvgIpc) is 3.74. The summed E-state index contributed by atoms with van der Waals surface area (Å²) in [6.45, 7) is 27.9. The van der Waals surface area contributed by atoms with Crippen LogP contribution in [0.25, 0.3) is 93.2 Å². The minimum Gasteiger partial charge on any atom is -0.310 e. The van der Waals surface area contributed by atoms with Crippen molar-refractivity contribution < 1.29 is 0 Å². The molecule has 0 N–H and O–H groups in total. The second kappa shape index (κ2) is 17.8. The maximum Gasteiger partial charge on any atom is 0.0541 e. The number of fused-ring (bicyclic) bond motifs is 3. The van der Waals surface area contributed by atoms with E-state index in [4.69, 9.17) is 0 Å². The molecular formula is C74H70N2. The Morgan fingerprint density at radius 2 is 0.737 bits per heavy atom. The molecule has 76 heavy (non-hydrogen) atoms. The summed E-state index contributed by atoms with van der Waals surface area (Å²) in [7, 11) is 0. The fraction of sp³-hybridized carbons (Fsp3) is 0.216. The van der Waals surface area contributed by atoms with Crippen LogP contribution in [0.2, 0.25) is 0 Å². The standard InChI is InChI=1S/C74H70N2/c1-71(2,3)53-33-25-47(26-34-53)59-19-13-14-20-60(59)48-27-35-57(36-28-48)75(58-44-52(43-56(46-58)74(10,11)12)51-41-54(72(4,5)6)45-55(42-51)73(7,8)9)67-39-31-49-30-38-64-68(40-32-50-29-37-63(67)69(49)70(50)64)76-65-23-17-15-21-61(65)62-22-16-18-24-66(62)76/h13-46H,1-12H3. The van der Waals surface area contributed by atoms with Crippen LogP contribution in [0.5, 0.6) is 0 Å². The summed E-state index contributed by atoms with van der Waals surface area (Å²) in [4.78, 5) is 2.54. The first-order chi connectivity index (χ1) is 36.2. The van der Waals surface area contributed by atoms with E-state index in [0.29, 0.717) is 0 Å². The van der Waals surface area contributed by atoms with Crippen molar-refractivity contribution in [3.8, 4) is 39.1 Å². The Kier molecular flexibility index (Phi) is 11.5. The molecule has 376 valence electrons. The third-order valence-electron chi connectivity index (χ3n) is 16.1. The Bertz CT molecular complexity index is 4090. The van der Waals surface area contributed by atoms with Crippen LogP contribution in [0.1, 0.15) is 105 Å². The van der Waals surface area contributed by atoms with E-state index in [1.54, 1.807) is 0 Å². The normalized spacial score (nSPS) is 12.7. The Hall–Kier alpha value is -7.94. The SMILES string of the molecule is CC(C)(C)c1ccc(-c2ccccc2-c2ccc(N(c3cc(-c4cc(C(C)(C)C)cc(C(C)(C)C)c4)cc(C(C)(C)C)c3)c3ccc4ccc5c(-n6c7ccccc7c7ccccc76)ccc6ccc3c4c65)cc2)cc1. The van der Waals surface area contributed by atoms with Gasteiger partial charge in [-0.2, -0.15) is 0 Å². The fourth-order valence-electron chi connectivity index (χ4n) is 11.7. The van der Waals surface area contributed by atoms with Crippen LogP contribution in [0.4, 0.5) is 17.1 Å². The number of hydrogen-bond acceptors (Lipinski definition) is 1. The van der Waals surface area contributed by atoms with Gasteiger partial charge in [0.1, 0.15) is 0 Å². The van der Waals surface area contributed by atoms with Crippen LogP contribution >= 0.6 is 0 Å². The van der Waals surface area contributed by atoms with Gasteiger partial charge in [0, 0.05) is 32.9 Å². The highest BCUT2D eigenvalue weighted by Crippen LogP contribution is 2.48. The molecule has 0 spiro atoms. The van der Waals surface area contributed by atoms with Crippen molar-refractivity contribution in [2.24, 2.45) is 0 Å². The quantitative estimate of drug-likeness (QED) is 0.145. The van der Waals surface area contributed by atoms with E-state index in [-0.39, 0.29) is 21.7 Å². The fourth-order valence-corrected chi connectivity index (χ4v) is 11.7. The zero-order chi connectivity index (χ0) is 53.1. The van der Waals surface area contributed by atoms with Crippen molar-refractivity contribution in [3.05, 3.63) is 229 Å². The smallest absolute Gasteiger partial charge is 0.0541 e. The molecule has 11 aromatic carbocycles. The molecule has 0 radical (unpaired) electrons. The number of nitrogens with zero attached hydrogens (tertiary/aromatic N) is 2. The van der Waals surface area contributed by atoms with Crippen LogP contribution in [0.3, 0.4) is 0 Å². The third kappa shape index (κ3) is 8.53. The number of para-hydroxylation sites is 2. The molecule has 2 nitrogen and oxygen atoms in total. The van der Waals surface area contributed by atoms with E-state index in [1.807, 2.05) is 0 Å². The van der Waals surface area contributed by atoms with Crippen molar-refractivity contribution in [2.45, 2.75) is 105 Å². The van der Waals surface area contributed by atoms with Gasteiger partial charge in [-0.3, -0.25) is 0 Å². The van der Waals surface area contributed by atoms with E-state index >= 15 is 0 Å². The van der Waals surface area contributed by atoms with Crippen LogP contribution in [-0.2, 0) is 21.7 Å². The zero-order valence-corrected chi connectivity index (χ0v) is 46.5. The summed E-state index contributed by atoms with van der Waals surface area (Å²) in [5.74, 6) is 0. The van der Waals surface area contributed by atoms with Gasteiger partial charge in [-0.25, -0.2) is 0 Å². The van der Waals surface area contributed by atoms with Gasteiger partial charge in [0.2, 0.25) is 0 Å². The van der Waals surface area contributed by atoms with Gasteiger partial charge in [0.15, 0.2) is 0 Å². The lowest BCUT2D eigenvalue weighted by molar-refractivity contribution is 0.569. The second-order valence-electron chi connectivity index (χ2n) is 25.5. The summed E-state index contributed by atoms with van der Waals surface area (Å²) in [6.07, 6.45) is 0. The highest BCUT2D eigenvalue weighted by Gasteiger charge is 2.26. The highest BCUT2D eigenvalue weighted by molar-refractivity contribution is 6.27. The summed E-state index contributed by atoms with van der Waals surface area (Å²) in [5, 5.41) is 10.0. The first kappa shape index (κ1) is 49.0. The van der Waals surface area contributed by atoms with E-state index < -0.39 is 0 Å². The van der Waals surface area contributed by atoms with Gasteiger partial charge >= 0.3 is 0 Å². The largest absolute Gasteiger partial charge is 0.310 e.